The summed E-state index contributed by atoms with van der Waals surface area (Å²) in [5.74, 6) is 0. The normalized spacial score (nSPS) is 10.9. The van der Waals surface area contributed by atoms with E-state index in [1.54, 1.807) is 0 Å². The summed E-state index contributed by atoms with van der Waals surface area (Å²) < 4.78 is 1.07. The first kappa shape index (κ1) is 10.5. The SMILES string of the molecule is Cc1ccc(-c2n[nH]c3cccc(Br)c23)cc1. The van der Waals surface area contributed by atoms with Gasteiger partial charge in [-0.25, -0.2) is 0 Å². The van der Waals surface area contributed by atoms with Crippen LogP contribution in [0.25, 0.3) is 22.2 Å². The molecule has 1 heterocycles. The van der Waals surface area contributed by atoms with E-state index in [9.17, 15) is 0 Å². The molecule has 0 saturated heterocycles. The molecule has 0 unspecified atom stereocenters. The van der Waals surface area contributed by atoms with Crippen molar-refractivity contribution in [3.63, 3.8) is 0 Å². The van der Waals surface area contributed by atoms with Gasteiger partial charge in [-0.2, -0.15) is 5.10 Å². The zero-order valence-corrected chi connectivity index (χ0v) is 11.0. The number of H-pyrrole nitrogens is 1. The second kappa shape index (κ2) is 4.00. The molecular formula is C14H11BrN2. The second-order valence-electron chi connectivity index (χ2n) is 4.10. The van der Waals surface area contributed by atoms with Gasteiger partial charge in [0, 0.05) is 15.4 Å². The Morgan fingerprint density at radius 1 is 1.06 bits per heavy atom. The summed E-state index contributed by atoms with van der Waals surface area (Å²) in [6.07, 6.45) is 0. The molecule has 3 rings (SSSR count). The van der Waals surface area contributed by atoms with E-state index in [4.69, 9.17) is 0 Å². The van der Waals surface area contributed by atoms with Crippen molar-refractivity contribution in [1.29, 1.82) is 0 Å². The van der Waals surface area contributed by atoms with E-state index < -0.39 is 0 Å². The lowest BCUT2D eigenvalue weighted by molar-refractivity contribution is 1.12. The van der Waals surface area contributed by atoms with Crippen molar-refractivity contribution in [2.45, 2.75) is 6.92 Å². The topological polar surface area (TPSA) is 28.7 Å². The summed E-state index contributed by atoms with van der Waals surface area (Å²) in [6.45, 7) is 2.09. The molecule has 2 aromatic carbocycles. The molecular weight excluding hydrogens is 276 g/mol. The van der Waals surface area contributed by atoms with Crippen molar-refractivity contribution in [3.05, 3.63) is 52.5 Å². The molecule has 2 nitrogen and oxygen atoms in total. The fourth-order valence-electron chi connectivity index (χ4n) is 1.95. The van der Waals surface area contributed by atoms with Gasteiger partial charge in [0.15, 0.2) is 0 Å². The largest absolute Gasteiger partial charge is 0.277 e. The molecule has 17 heavy (non-hydrogen) atoms. The highest BCUT2D eigenvalue weighted by Gasteiger charge is 2.10. The molecule has 0 aliphatic carbocycles. The Labute approximate surface area is 108 Å². The van der Waals surface area contributed by atoms with Crippen LogP contribution in [0.1, 0.15) is 5.56 Å². The Hall–Kier alpha value is -1.61. The number of nitrogens with one attached hydrogen (secondary N) is 1. The number of nitrogens with zero attached hydrogens (tertiary/aromatic N) is 1. The van der Waals surface area contributed by atoms with Gasteiger partial charge < -0.3 is 0 Å². The van der Waals surface area contributed by atoms with Crippen LogP contribution in [0.15, 0.2) is 46.9 Å². The summed E-state index contributed by atoms with van der Waals surface area (Å²) in [7, 11) is 0. The maximum atomic E-state index is 4.40. The summed E-state index contributed by atoms with van der Waals surface area (Å²) in [6, 6.07) is 14.5. The molecule has 0 fully saturated rings. The van der Waals surface area contributed by atoms with Crippen LogP contribution in [-0.2, 0) is 0 Å². The monoisotopic (exact) mass is 286 g/mol. The summed E-state index contributed by atoms with van der Waals surface area (Å²) in [5.41, 5.74) is 4.43. The van der Waals surface area contributed by atoms with Crippen molar-refractivity contribution in [3.8, 4) is 11.3 Å². The zero-order valence-electron chi connectivity index (χ0n) is 9.37. The third-order valence-electron chi connectivity index (χ3n) is 2.86. The Morgan fingerprint density at radius 3 is 2.59 bits per heavy atom. The molecule has 3 heteroatoms. The smallest absolute Gasteiger partial charge is 0.101 e. The number of hydrogen-bond donors (Lipinski definition) is 1. The van der Waals surface area contributed by atoms with Crippen molar-refractivity contribution in [2.24, 2.45) is 0 Å². The summed E-state index contributed by atoms with van der Waals surface area (Å²) in [4.78, 5) is 0. The highest BCUT2D eigenvalue weighted by atomic mass is 79.9. The molecule has 0 bridgehead atoms. The van der Waals surface area contributed by atoms with Crippen molar-refractivity contribution >= 4 is 26.8 Å². The number of aryl methyl sites for hydroxylation is 1. The first-order chi connectivity index (χ1) is 8.25. The molecule has 0 aliphatic rings. The minimum absolute atomic E-state index is 0.993. The van der Waals surface area contributed by atoms with Gasteiger partial charge in [-0.3, -0.25) is 5.10 Å². The van der Waals surface area contributed by atoms with Crippen LogP contribution in [-0.4, -0.2) is 10.2 Å². The quantitative estimate of drug-likeness (QED) is 0.710. The lowest BCUT2D eigenvalue weighted by Gasteiger charge is -2.00. The predicted octanol–water partition coefficient (Wildman–Crippen LogP) is 4.30. The second-order valence-corrected chi connectivity index (χ2v) is 4.95. The number of benzene rings is 2. The van der Waals surface area contributed by atoms with Gasteiger partial charge >= 0.3 is 0 Å². The number of rotatable bonds is 1. The average molecular weight is 287 g/mol. The van der Waals surface area contributed by atoms with Gasteiger partial charge in [0.2, 0.25) is 0 Å². The lowest BCUT2D eigenvalue weighted by atomic mass is 10.1. The Morgan fingerprint density at radius 2 is 1.82 bits per heavy atom. The minimum atomic E-state index is 0.993. The van der Waals surface area contributed by atoms with E-state index in [2.05, 4.69) is 57.3 Å². The van der Waals surface area contributed by atoms with Crippen LogP contribution in [0.2, 0.25) is 0 Å². The third-order valence-corrected chi connectivity index (χ3v) is 3.52. The molecule has 0 amide bonds. The highest BCUT2D eigenvalue weighted by Crippen LogP contribution is 2.31. The molecule has 0 saturated carbocycles. The Bertz CT molecular complexity index is 668. The average Bonchev–Trinajstić information content (AvgIpc) is 2.75. The summed E-state index contributed by atoms with van der Waals surface area (Å²) in [5, 5.41) is 8.60. The molecule has 0 atom stereocenters. The van der Waals surface area contributed by atoms with Crippen molar-refractivity contribution in [2.75, 3.05) is 0 Å². The molecule has 1 N–H and O–H groups in total. The van der Waals surface area contributed by atoms with Gasteiger partial charge in [-0.15, -0.1) is 0 Å². The highest BCUT2D eigenvalue weighted by molar-refractivity contribution is 9.10. The van der Waals surface area contributed by atoms with Gasteiger partial charge in [0.05, 0.1) is 5.52 Å². The van der Waals surface area contributed by atoms with E-state index in [0.717, 1.165) is 26.6 Å². The molecule has 1 aromatic heterocycles. The maximum Gasteiger partial charge on any atom is 0.101 e. The fourth-order valence-corrected chi connectivity index (χ4v) is 2.50. The minimum Gasteiger partial charge on any atom is -0.277 e. The van der Waals surface area contributed by atoms with Crippen LogP contribution >= 0.6 is 15.9 Å². The van der Waals surface area contributed by atoms with Crippen LogP contribution in [0.3, 0.4) is 0 Å². The zero-order chi connectivity index (χ0) is 11.8. The third kappa shape index (κ3) is 1.76. The first-order valence-corrected chi connectivity index (χ1v) is 6.24. The van der Waals surface area contributed by atoms with Crippen molar-refractivity contribution < 1.29 is 0 Å². The molecule has 84 valence electrons. The number of aromatic amines is 1. The van der Waals surface area contributed by atoms with E-state index in [1.807, 2.05) is 18.2 Å². The first-order valence-electron chi connectivity index (χ1n) is 5.45. The van der Waals surface area contributed by atoms with Gasteiger partial charge in [-0.05, 0) is 19.1 Å². The standard InChI is InChI=1S/C14H11BrN2/c1-9-5-7-10(8-6-9)14-13-11(15)3-2-4-12(13)16-17-14/h2-8H,1H3,(H,16,17). The van der Waals surface area contributed by atoms with Crippen LogP contribution in [0.5, 0.6) is 0 Å². The Balaban J connectivity index is 2.27. The predicted molar refractivity (Wildman–Crippen MR) is 74.0 cm³/mol. The van der Waals surface area contributed by atoms with Crippen LogP contribution in [0, 0.1) is 6.92 Å². The van der Waals surface area contributed by atoms with E-state index in [1.165, 1.54) is 5.56 Å². The molecule has 0 spiro atoms. The number of halogens is 1. The van der Waals surface area contributed by atoms with Gasteiger partial charge in [0.25, 0.3) is 0 Å². The van der Waals surface area contributed by atoms with E-state index in [-0.39, 0.29) is 0 Å². The molecule has 0 radical (unpaired) electrons. The molecule has 3 aromatic rings. The lowest BCUT2D eigenvalue weighted by Crippen LogP contribution is -1.80. The van der Waals surface area contributed by atoms with E-state index in [0.29, 0.717) is 0 Å². The number of aromatic nitrogens is 2. The van der Waals surface area contributed by atoms with Gasteiger partial charge in [-0.1, -0.05) is 51.8 Å². The maximum absolute atomic E-state index is 4.40. The van der Waals surface area contributed by atoms with Crippen molar-refractivity contribution in [1.82, 2.24) is 10.2 Å². The van der Waals surface area contributed by atoms with Crippen LogP contribution < -0.4 is 0 Å². The number of fused-ring (bicyclic) bond motifs is 1. The number of hydrogen-bond acceptors (Lipinski definition) is 1. The fraction of sp³-hybridized carbons (Fsp3) is 0.0714. The van der Waals surface area contributed by atoms with Crippen LogP contribution in [0.4, 0.5) is 0 Å². The van der Waals surface area contributed by atoms with E-state index >= 15 is 0 Å². The Kier molecular flexibility index (Phi) is 2.48. The van der Waals surface area contributed by atoms with Gasteiger partial charge in [0.1, 0.15) is 5.69 Å². The molecule has 0 aliphatic heterocycles. The summed E-state index contributed by atoms with van der Waals surface area (Å²) >= 11 is 3.58.